The highest BCUT2D eigenvalue weighted by Crippen LogP contribution is 2.26. The van der Waals surface area contributed by atoms with Crippen molar-refractivity contribution in [1.82, 2.24) is 15.5 Å². The van der Waals surface area contributed by atoms with Gasteiger partial charge in [0.15, 0.2) is 4.84 Å². The zero-order valence-corrected chi connectivity index (χ0v) is 17.0. The first-order chi connectivity index (χ1) is 12.3. The molecule has 2 N–H and O–H groups in total. The van der Waals surface area contributed by atoms with Crippen LogP contribution in [0.15, 0.2) is 24.3 Å². The van der Waals surface area contributed by atoms with Crippen molar-refractivity contribution in [1.29, 1.82) is 0 Å². The summed E-state index contributed by atoms with van der Waals surface area (Å²) in [4.78, 5) is 23.1. The van der Waals surface area contributed by atoms with Crippen molar-refractivity contribution in [3.05, 3.63) is 29.8 Å². The summed E-state index contributed by atoms with van der Waals surface area (Å²) in [6.45, 7) is 5.79. The van der Waals surface area contributed by atoms with Crippen LogP contribution in [0.4, 0.5) is 5.13 Å². The molecule has 2 amide bonds. The van der Waals surface area contributed by atoms with Crippen molar-refractivity contribution in [2.75, 3.05) is 5.32 Å². The molecule has 140 valence electrons. The van der Waals surface area contributed by atoms with Gasteiger partial charge < -0.3 is 5.32 Å². The highest BCUT2D eigenvalue weighted by Gasteiger charge is 2.28. The normalized spacial score (nSPS) is 13.3. The second-order valence-electron chi connectivity index (χ2n) is 5.94. The van der Waals surface area contributed by atoms with E-state index in [1.165, 1.54) is 11.3 Å². The number of anilines is 1. The number of nitrogens with zero attached hydrogens (tertiary/aromatic N) is 2. The minimum atomic E-state index is -1.23. The van der Waals surface area contributed by atoms with Crippen LogP contribution in [0.5, 0.6) is 0 Å². The number of nitrogens with one attached hydrogen (secondary N) is 2. The van der Waals surface area contributed by atoms with E-state index in [-0.39, 0.29) is 11.8 Å². The van der Waals surface area contributed by atoms with Crippen molar-refractivity contribution in [2.24, 2.45) is 5.92 Å². The molecule has 0 aliphatic rings. The molecule has 26 heavy (non-hydrogen) atoms. The van der Waals surface area contributed by atoms with Gasteiger partial charge in [0.25, 0.3) is 5.91 Å². The van der Waals surface area contributed by atoms with E-state index in [1.54, 1.807) is 0 Å². The molecule has 1 heterocycles. The third-order valence-corrected chi connectivity index (χ3v) is 5.23. The molecule has 0 unspecified atom stereocenters. The molecule has 0 saturated carbocycles. The highest BCUT2D eigenvalue weighted by atomic mass is 35.5. The molecule has 9 heteroatoms. The molecule has 0 fully saturated rings. The van der Waals surface area contributed by atoms with E-state index in [0.29, 0.717) is 16.6 Å². The SMILES string of the molecule is CC[C@@H](C)[C@@H](NC(=O)C(Cl)Cl)C(=O)Nc1nnc(-c2ccc(C)cc2)s1. The average Bonchev–Trinajstić information content (AvgIpc) is 3.07. The van der Waals surface area contributed by atoms with Crippen molar-refractivity contribution in [3.8, 4) is 10.6 Å². The quantitative estimate of drug-likeness (QED) is 0.674. The molecule has 0 aliphatic heterocycles. The maximum absolute atomic E-state index is 12.6. The third-order valence-electron chi connectivity index (χ3n) is 3.95. The summed E-state index contributed by atoms with van der Waals surface area (Å²) in [5.41, 5.74) is 2.07. The maximum atomic E-state index is 12.6. The van der Waals surface area contributed by atoms with Gasteiger partial charge in [0.05, 0.1) is 0 Å². The van der Waals surface area contributed by atoms with E-state index in [0.717, 1.165) is 11.1 Å². The molecule has 0 aliphatic carbocycles. The van der Waals surface area contributed by atoms with E-state index in [4.69, 9.17) is 23.2 Å². The monoisotopic (exact) mass is 414 g/mol. The number of aromatic nitrogens is 2. The van der Waals surface area contributed by atoms with Crippen LogP contribution in [0, 0.1) is 12.8 Å². The lowest BCUT2D eigenvalue weighted by atomic mass is 9.98. The summed E-state index contributed by atoms with van der Waals surface area (Å²) in [6, 6.07) is 7.10. The number of benzene rings is 1. The maximum Gasteiger partial charge on any atom is 0.253 e. The summed E-state index contributed by atoms with van der Waals surface area (Å²) in [5.74, 6) is -1.09. The molecule has 2 rings (SSSR count). The van der Waals surface area contributed by atoms with Crippen LogP contribution in [0.25, 0.3) is 10.6 Å². The Balaban J connectivity index is 2.11. The number of amides is 2. The smallest absolute Gasteiger partial charge is 0.253 e. The Morgan fingerprint density at radius 3 is 2.38 bits per heavy atom. The summed E-state index contributed by atoms with van der Waals surface area (Å²) < 4.78 is 0. The minimum Gasteiger partial charge on any atom is -0.342 e. The van der Waals surface area contributed by atoms with Crippen LogP contribution in [0.3, 0.4) is 0 Å². The zero-order chi connectivity index (χ0) is 19.3. The highest BCUT2D eigenvalue weighted by molar-refractivity contribution is 7.18. The summed E-state index contributed by atoms with van der Waals surface area (Å²) in [5, 5.41) is 14.5. The fourth-order valence-electron chi connectivity index (χ4n) is 2.19. The minimum absolute atomic E-state index is 0.101. The van der Waals surface area contributed by atoms with Crippen molar-refractivity contribution in [2.45, 2.75) is 38.1 Å². The molecule has 0 saturated heterocycles. The van der Waals surface area contributed by atoms with Gasteiger partial charge in [-0.1, -0.05) is 84.6 Å². The lowest BCUT2D eigenvalue weighted by molar-refractivity contribution is -0.126. The standard InChI is InChI=1S/C17H20Cl2N4O2S/c1-4-10(3)12(20-15(25)13(18)19)14(24)21-17-23-22-16(26-17)11-7-5-9(2)6-8-11/h5-8,10,12-13H,4H2,1-3H3,(H,20,25)(H,21,23,24)/t10-,12-/m1/s1. The summed E-state index contributed by atoms with van der Waals surface area (Å²) in [6.07, 6.45) is 0.693. The lowest BCUT2D eigenvalue weighted by Crippen LogP contribution is -2.49. The molecule has 0 spiro atoms. The average molecular weight is 415 g/mol. The Hall–Kier alpha value is -1.70. The molecule has 2 aromatic rings. The number of hydrogen-bond donors (Lipinski definition) is 2. The van der Waals surface area contributed by atoms with Gasteiger partial charge in [0, 0.05) is 5.56 Å². The van der Waals surface area contributed by atoms with Crippen LogP contribution >= 0.6 is 34.5 Å². The van der Waals surface area contributed by atoms with Crippen LogP contribution in [0.2, 0.25) is 0 Å². The number of alkyl halides is 2. The van der Waals surface area contributed by atoms with Gasteiger partial charge in [-0.05, 0) is 12.8 Å². The fourth-order valence-corrected chi connectivity index (χ4v) is 3.07. The Morgan fingerprint density at radius 2 is 1.81 bits per heavy atom. The molecule has 0 radical (unpaired) electrons. The van der Waals surface area contributed by atoms with Gasteiger partial charge in [-0.2, -0.15) is 0 Å². The van der Waals surface area contributed by atoms with Crippen LogP contribution < -0.4 is 10.6 Å². The number of carbonyl (C=O) groups is 2. The summed E-state index contributed by atoms with van der Waals surface area (Å²) in [7, 11) is 0. The van der Waals surface area contributed by atoms with Gasteiger partial charge in [-0.15, -0.1) is 10.2 Å². The molecule has 1 aromatic carbocycles. The van der Waals surface area contributed by atoms with Gasteiger partial charge >= 0.3 is 0 Å². The molecular weight excluding hydrogens is 395 g/mol. The lowest BCUT2D eigenvalue weighted by Gasteiger charge is -2.23. The van der Waals surface area contributed by atoms with Gasteiger partial charge in [-0.3, -0.25) is 14.9 Å². The van der Waals surface area contributed by atoms with E-state index in [2.05, 4.69) is 20.8 Å². The third kappa shape index (κ3) is 5.40. The topological polar surface area (TPSA) is 84.0 Å². The number of halogens is 2. The van der Waals surface area contributed by atoms with E-state index in [1.807, 2.05) is 45.0 Å². The van der Waals surface area contributed by atoms with Crippen LogP contribution in [-0.4, -0.2) is 32.9 Å². The van der Waals surface area contributed by atoms with Gasteiger partial charge in [0.2, 0.25) is 11.0 Å². The van der Waals surface area contributed by atoms with E-state index in [9.17, 15) is 9.59 Å². The molecule has 6 nitrogen and oxygen atoms in total. The van der Waals surface area contributed by atoms with Gasteiger partial charge in [0.1, 0.15) is 11.0 Å². The Labute approximate surface area is 166 Å². The fraction of sp³-hybridized carbons (Fsp3) is 0.412. The first-order valence-corrected chi connectivity index (χ1v) is 9.80. The number of aryl methyl sites for hydroxylation is 1. The summed E-state index contributed by atoms with van der Waals surface area (Å²) >= 11 is 12.4. The van der Waals surface area contributed by atoms with Crippen molar-refractivity contribution in [3.63, 3.8) is 0 Å². The molecule has 1 aromatic heterocycles. The van der Waals surface area contributed by atoms with Crippen LogP contribution in [-0.2, 0) is 9.59 Å². The molecular formula is C17H20Cl2N4O2S. The Bertz CT molecular complexity index is 764. The predicted molar refractivity (Wildman–Crippen MR) is 106 cm³/mol. The van der Waals surface area contributed by atoms with E-state index < -0.39 is 16.8 Å². The zero-order valence-electron chi connectivity index (χ0n) is 14.6. The predicted octanol–water partition coefficient (Wildman–Crippen LogP) is 3.79. The van der Waals surface area contributed by atoms with Gasteiger partial charge in [-0.25, -0.2) is 0 Å². The first-order valence-electron chi connectivity index (χ1n) is 8.11. The second-order valence-corrected chi connectivity index (χ2v) is 8.01. The van der Waals surface area contributed by atoms with Crippen molar-refractivity contribution < 1.29 is 9.59 Å². The Kier molecular flexibility index (Phi) is 7.37. The number of rotatable bonds is 7. The number of hydrogen-bond acceptors (Lipinski definition) is 5. The van der Waals surface area contributed by atoms with Crippen molar-refractivity contribution >= 4 is 51.5 Å². The van der Waals surface area contributed by atoms with Crippen LogP contribution in [0.1, 0.15) is 25.8 Å². The number of carbonyl (C=O) groups excluding carboxylic acids is 2. The molecule has 0 bridgehead atoms. The first kappa shape index (κ1) is 20.6. The van der Waals surface area contributed by atoms with E-state index >= 15 is 0 Å². The largest absolute Gasteiger partial charge is 0.342 e. The second kappa shape index (κ2) is 9.30. The Morgan fingerprint density at radius 1 is 1.15 bits per heavy atom. The molecule has 2 atom stereocenters.